The highest BCUT2D eigenvalue weighted by atomic mass is 16.6. The first-order valence-corrected chi connectivity index (χ1v) is 9.19. The summed E-state index contributed by atoms with van der Waals surface area (Å²) >= 11 is 0. The highest BCUT2D eigenvalue weighted by Gasteiger charge is 2.19. The van der Waals surface area contributed by atoms with Gasteiger partial charge in [0.2, 0.25) is 0 Å². The van der Waals surface area contributed by atoms with Crippen LogP contribution < -0.4 is 5.32 Å². The van der Waals surface area contributed by atoms with E-state index in [1.54, 1.807) is 0 Å². The van der Waals surface area contributed by atoms with Gasteiger partial charge in [-0.3, -0.25) is 5.32 Å². The molecule has 1 aliphatic rings. The number of imidazole rings is 1. The number of benzene rings is 1. The second-order valence-electron chi connectivity index (χ2n) is 6.60. The standard InChI is InChI=1S/C19H27N3O3/c1-3-24-9-10-25-19(23)22-15-12-17-16(11-13(15)2)20-18(21-17)14-7-5-4-6-8-14/h11-12,14H,3-10H2,1-2H3,(H,20,21)(H,22,23). The summed E-state index contributed by atoms with van der Waals surface area (Å²) in [5.74, 6) is 1.60. The molecule has 6 nitrogen and oxygen atoms in total. The van der Waals surface area contributed by atoms with Crippen molar-refractivity contribution in [3.05, 3.63) is 23.5 Å². The number of amides is 1. The first-order chi connectivity index (χ1) is 12.2. The summed E-state index contributed by atoms with van der Waals surface area (Å²) in [6.45, 7) is 5.14. The number of aromatic nitrogens is 2. The number of nitrogens with one attached hydrogen (secondary N) is 2. The van der Waals surface area contributed by atoms with Crippen LogP contribution in [0, 0.1) is 6.92 Å². The van der Waals surface area contributed by atoms with E-state index in [-0.39, 0.29) is 6.61 Å². The van der Waals surface area contributed by atoms with Crippen LogP contribution in [0.1, 0.15) is 56.3 Å². The molecule has 0 bridgehead atoms. The van der Waals surface area contributed by atoms with Gasteiger partial charge in [0.15, 0.2) is 0 Å². The number of rotatable bonds is 6. The van der Waals surface area contributed by atoms with Gasteiger partial charge in [0, 0.05) is 18.2 Å². The molecule has 6 heteroatoms. The van der Waals surface area contributed by atoms with E-state index in [9.17, 15) is 4.79 Å². The minimum atomic E-state index is -0.467. The lowest BCUT2D eigenvalue weighted by molar-refractivity contribution is 0.0850. The molecule has 1 amide bonds. The number of aromatic amines is 1. The van der Waals surface area contributed by atoms with Crippen LogP contribution in [0.2, 0.25) is 0 Å². The van der Waals surface area contributed by atoms with Crippen LogP contribution in [0.4, 0.5) is 10.5 Å². The average Bonchev–Trinajstić information content (AvgIpc) is 3.02. The highest BCUT2D eigenvalue weighted by Crippen LogP contribution is 2.33. The van der Waals surface area contributed by atoms with E-state index < -0.39 is 6.09 Å². The first kappa shape index (κ1) is 17.7. The summed E-state index contributed by atoms with van der Waals surface area (Å²) in [5.41, 5.74) is 3.62. The molecule has 25 heavy (non-hydrogen) atoms. The number of aryl methyl sites for hydroxylation is 1. The second kappa shape index (κ2) is 8.34. The van der Waals surface area contributed by atoms with Gasteiger partial charge in [0.25, 0.3) is 0 Å². The molecule has 1 heterocycles. The van der Waals surface area contributed by atoms with Gasteiger partial charge in [-0.15, -0.1) is 0 Å². The summed E-state index contributed by atoms with van der Waals surface area (Å²) in [6.07, 6.45) is 5.83. The monoisotopic (exact) mass is 345 g/mol. The third-order valence-electron chi connectivity index (χ3n) is 4.74. The lowest BCUT2D eigenvalue weighted by atomic mass is 9.89. The number of fused-ring (bicyclic) bond motifs is 1. The summed E-state index contributed by atoms with van der Waals surface area (Å²) < 4.78 is 10.3. The van der Waals surface area contributed by atoms with Gasteiger partial charge in [-0.25, -0.2) is 9.78 Å². The Bertz CT molecular complexity index is 720. The molecule has 0 radical (unpaired) electrons. The Kier molecular flexibility index (Phi) is 5.91. The number of hydrogen-bond acceptors (Lipinski definition) is 4. The lowest BCUT2D eigenvalue weighted by Gasteiger charge is -2.18. The normalized spacial score (nSPS) is 15.4. The van der Waals surface area contributed by atoms with E-state index in [1.807, 2.05) is 26.0 Å². The largest absolute Gasteiger partial charge is 0.447 e. The molecule has 136 valence electrons. The second-order valence-corrected chi connectivity index (χ2v) is 6.60. The molecule has 1 aliphatic carbocycles. The number of carbonyl (C=O) groups is 1. The minimum Gasteiger partial charge on any atom is -0.447 e. The Labute approximate surface area is 148 Å². The molecular weight excluding hydrogens is 318 g/mol. The van der Waals surface area contributed by atoms with Crippen molar-refractivity contribution in [1.82, 2.24) is 9.97 Å². The third-order valence-corrected chi connectivity index (χ3v) is 4.74. The molecule has 3 rings (SSSR count). The predicted octanol–water partition coefficient (Wildman–Crippen LogP) is 4.50. The molecule has 0 spiro atoms. The van der Waals surface area contributed by atoms with Crippen LogP contribution >= 0.6 is 0 Å². The zero-order chi connectivity index (χ0) is 17.6. The van der Waals surface area contributed by atoms with Gasteiger partial charge in [0.1, 0.15) is 12.4 Å². The van der Waals surface area contributed by atoms with Crippen LogP contribution in [0.25, 0.3) is 11.0 Å². The van der Waals surface area contributed by atoms with Gasteiger partial charge < -0.3 is 14.5 Å². The van der Waals surface area contributed by atoms with Crippen molar-refractivity contribution in [2.45, 2.75) is 51.9 Å². The molecule has 1 aromatic carbocycles. The molecule has 0 unspecified atom stereocenters. The van der Waals surface area contributed by atoms with Crippen molar-refractivity contribution in [2.75, 3.05) is 25.1 Å². The molecule has 1 aromatic heterocycles. The average molecular weight is 345 g/mol. The van der Waals surface area contributed by atoms with E-state index in [0.29, 0.717) is 19.1 Å². The quantitative estimate of drug-likeness (QED) is 0.756. The highest BCUT2D eigenvalue weighted by molar-refractivity contribution is 5.90. The first-order valence-electron chi connectivity index (χ1n) is 9.19. The fraction of sp³-hybridized carbons (Fsp3) is 0.579. The maximum atomic E-state index is 11.9. The maximum absolute atomic E-state index is 11.9. The number of carbonyl (C=O) groups excluding carboxylic acids is 1. The Balaban J connectivity index is 1.69. The van der Waals surface area contributed by atoms with E-state index in [4.69, 9.17) is 14.5 Å². The number of nitrogens with zero attached hydrogens (tertiary/aromatic N) is 1. The summed E-state index contributed by atoms with van der Waals surface area (Å²) in [7, 11) is 0. The van der Waals surface area contributed by atoms with Crippen LogP contribution in [0.15, 0.2) is 12.1 Å². The Hall–Kier alpha value is -2.08. The molecule has 2 aromatic rings. The van der Waals surface area contributed by atoms with Gasteiger partial charge in [-0.05, 0) is 44.4 Å². The van der Waals surface area contributed by atoms with E-state index in [2.05, 4.69) is 10.3 Å². The summed E-state index contributed by atoms with van der Waals surface area (Å²) in [6, 6.07) is 3.95. The van der Waals surface area contributed by atoms with E-state index >= 15 is 0 Å². The Morgan fingerprint density at radius 3 is 2.84 bits per heavy atom. The van der Waals surface area contributed by atoms with Gasteiger partial charge in [0.05, 0.1) is 17.6 Å². The van der Waals surface area contributed by atoms with Crippen LogP contribution in [0.5, 0.6) is 0 Å². The Morgan fingerprint density at radius 1 is 1.28 bits per heavy atom. The number of H-pyrrole nitrogens is 1. The fourth-order valence-electron chi connectivity index (χ4n) is 3.37. The van der Waals surface area contributed by atoms with Crippen molar-refractivity contribution < 1.29 is 14.3 Å². The van der Waals surface area contributed by atoms with Crippen LogP contribution in [-0.2, 0) is 9.47 Å². The van der Waals surface area contributed by atoms with Gasteiger partial charge in [-0.1, -0.05) is 19.3 Å². The van der Waals surface area contributed by atoms with Crippen molar-refractivity contribution in [2.24, 2.45) is 0 Å². The van der Waals surface area contributed by atoms with Crippen molar-refractivity contribution in [3.8, 4) is 0 Å². The third kappa shape index (κ3) is 4.51. The van der Waals surface area contributed by atoms with Crippen LogP contribution in [0.3, 0.4) is 0 Å². The molecule has 0 saturated heterocycles. The molecule has 0 aliphatic heterocycles. The van der Waals surface area contributed by atoms with E-state index in [0.717, 1.165) is 28.1 Å². The zero-order valence-electron chi connectivity index (χ0n) is 15.1. The minimum absolute atomic E-state index is 0.245. The lowest BCUT2D eigenvalue weighted by Crippen LogP contribution is -2.17. The Morgan fingerprint density at radius 2 is 2.08 bits per heavy atom. The number of ether oxygens (including phenoxy) is 2. The van der Waals surface area contributed by atoms with Crippen molar-refractivity contribution in [1.29, 1.82) is 0 Å². The van der Waals surface area contributed by atoms with Crippen molar-refractivity contribution in [3.63, 3.8) is 0 Å². The smallest absolute Gasteiger partial charge is 0.411 e. The molecule has 0 atom stereocenters. The van der Waals surface area contributed by atoms with Crippen molar-refractivity contribution >= 4 is 22.8 Å². The summed E-state index contributed by atoms with van der Waals surface area (Å²) in [4.78, 5) is 20.1. The van der Waals surface area contributed by atoms with Crippen LogP contribution in [-0.4, -0.2) is 35.9 Å². The van der Waals surface area contributed by atoms with Gasteiger partial charge >= 0.3 is 6.09 Å². The molecular formula is C19H27N3O3. The molecule has 2 N–H and O–H groups in total. The number of hydrogen-bond donors (Lipinski definition) is 2. The fourth-order valence-corrected chi connectivity index (χ4v) is 3.37. The molecule has 1 saturated carbocycles. The maximum Gasteiger partial charge on any atom is 0.411 e. The number of anilines is 1. The zero-order valence-corrected chi connectivity index (χ0v) is 15.1. The SMILES string of the molecule is CCOCCOC(=O)Nc1cc2nc(C3CCCCC3)[nH]c2cc1C. The predicted molar refractivity (Wildman–Crippen MR) is 98.1 cm³/mol. The van der Waals surface area contributed by atoms with E-state index in [1.165, 1.54) is 32.1 Å². The topological polar surface area (TPSA) is 76.2 Å². The summed E-state index contributed by atoms with van der Waals surface area (Å²) in [5, 5.41) is 2.80. The molecule has 1 fully saturated rings. The van der Waals surface area contributed by atoms with Gasteiger partial charge in [-0.2, -0.15) is 0 Å².